The van der Waals surface area contributed by atoms with Crippen molar-refractivity contribution in [1.29, 1.82) is 0 Å². The Kier molecular flexibility index (Phi) is 4.31. The molecule has 1 aromatic carbocycles. The summed E-state index contributed by atoms with van der Waals surface area (Å²) in [5.41, 5.74) is 0. The second kappa shape index (κ2) is 5.96. The molecule has 18 heavy (non-hydrogen) atoms. The molecule has 0 saturated heterocycles. The van der Waals surface area contributed by atoms with E-state index in [1.807, 2.05) is 31.2 Å². The van der Waals surface area contributed by atoms with Gasteiger partial charge in [-0.05, 0) is 26.0 Å². The van der Waals surface area contributed by atoms with Gasteiger partial charge in [0.1, 0.15) is 11.9 Å². The highest BCUT2D eigenvalue weighted by Crippen LogP contribution is 2.23. The predicted octanol–water partition coefficient (Wildman–Crippen LogP) is 2.04. The minimum absolute atomic E-state index is 0.0188. The zero-order valence-corrected chi connectivity index (χ0v) is 11.4. The van der Waals surface area contributed by atoms with Crippen LogP contribution in [0.2, 0.25) is 5.02 Å². The lowest BCUT2D eigenvalue weighted by molar-refractivity contribution is 0.224. The Hall–Kier alpha value is -1.42. The number of nitrogens with zero attached hydrogens (tertiary/aromatic N) is 1. The van der Waals surface area contributed by atoms with E-state index in [0.29, 0.717) is 23.4 Å². The quantitative estimate of drug-likeness (QED) is 0.878. The molecule has 4 nitrogen and oxygen atoms in total. The van der Waals surface area contributed by atoms with Crippen LogP contribution in [-0.4, -0.2) is 31.2 Å². The van der Waals surface area contributed by atoms with Gasteiger partial charge in [-0.1, -0.05) is 23.7 Å². The van der Waals surface area contributed by atoms with Crippen molar-refractivity contribution >= 4 is 17.6 Å². The fraction of sp³-hybridized carbons (Fsp3) is 0.462. The maximum absolute atomic E-state index is 6.03. The Balaban J connectivity index is 1.79. The standard InChI is InChI=1S/C13H18ClN3O/c1-9-7-15-13(17-9)16-8-10(2)18-12-6-4-3-5-11(12)14/h3-6,9-10H,7-8H2,1-2H3,(H2,15,16,17). The minimum Gasteiger partial charge on any atom is -0.487 e. The van der Waals surface area contributed by atoms with Crippen molar-refractivity contribution in [2.24, 2.45) is 4.99 Å². The molecule has 1 aliphatic heterocycles. The summed E-state index contributed by atoms with van der Waals surface area (Å²) < 4.78 is 5.75. The number of ether oxygens (including phenoxy) is 1. The van der Waals surface area contributed by atoms with E-state index >= 15 is 0 Å². The molecule has 0 spiro atoms. The van der Waals surface area contributed by atoms with Crippen molar-refractivity contribution in [3.8, 4) is 5.75 Å². The van der Waals surface area contributed by atoms with Crippen LogP contribution in [0.1, 0.15) is 13.8 Å². The van der Waals surface area contributed by atoms with Crippen LogP contribution in [-0.2, 0) is 0 Å². The molecular weight excluding hydrogens is 250 g/mol. The molecule has 5 heteroatoms. The second-order valence-electron chi connectivity index (χ2n) is 4.47. The number of nitrogens with one attached hydrogen (secondary N) is 2. The molecule has 2 rings (SSSR count). The molecule has 98 valence electrons. The summed E-state index contributed by atoms with van der Waals surface area (Å²) in [6, 6.07) is 7.89. The fourth-order valence-electron chi connectivity index (χ4n) is 1.70. The highest BCUT2D eigenvalue weighted by molar-refractivity contribution is 6.32. The maximum atomic E-state index is 6.03. The fourth-order valence-corrected chi connectivity index (χ4v) is 1.88. The summed E-state index contributed by atoms with van der Waals surface area (Å²) >= 11 is 6.03. The zero-order valence-electron chi connectivity index (χ0n) is 10.6. The maximum Gasteiger partial charge on any atom is 0.191 e. The Labute approximate surface area is 112 Å². The van der Waals surface area contributed by atoms with Crippen LogP contribution in [0.4, 0.5) is 0 Å². The molecule has 0 aliphatic carbocycles. The largest absolute Gasteiger partial charge is 0.487 e. The molecule has 0 aromatic heterocycles. The molecule has 0 bridgehead atoms. The topological polar surface area (TPSA) is 45.7 Å². The number of hydrogen-bond donors (Lipinski definition) is 2. The van der Waals surface area contributed by atoms with Crippen LogP contribution < -0.4 is 15.4 Å². The lowest BCUT2D eigenvalue weighted by atomic mass is 10.3. The van der Waals surface area contributed by atoms with E-state index in [9.17, 15) is 0 Å². The number of hydrogen-bond acceptors (Lipinski definition) is 4. The molecule has 0 fully saturated rings. The third kappa shape index (κ3) is 3.53. The molecular formula is C13H18ClN3O. The van der Waals surface area contributed by atoms with Crippen LogP contribution in [0.15, 0.2) is 29.3 Å². The van der Waals surface area contributed by atoms with Gasteiger partial charge < -0.3 is 15.4 Å². The average molecular weight is 268 g/mol. The molecule has 0 amide bonds. The summed E-state index contributed by atoms with van der Waals surface area (Å²) in [6.45, 7) is 5.60. The highest BCUT2D eigenvalue weighted by Gasteiger charge is 2.13. The smallest absolute Gasteiger partial charge is 0.191 e. The van der Waals surface area contributed by atoms with E-state index < -0.39 is 0 Å². The number of rotatable bonds is 4. The monoisotopic (exact) mass is 267 g/mol. The van der Waals surface area contributed by atoms with E-state index in [4.69, 9.17) is 16.3 Å². The van der Waals surface area contributed by atoms with Gasteiger partial charge in [0.05, 0.1) is 18.1 Å². The first-order valence-electron chi connectivity index (χ1n) is 6.11. The van der Waals surface area contributed by atoms with E-state index in [-0.39, 0.29) is 6.10 Å². The third-order valence-corrected chi connectivity index (χ3v) is 2.94. The predicted molar refractivity (Wildman–Crippen MR) is 74.4 cm³/mol. The average Bonchev–Trinajstić information content (AvgIpc) is 2.76. The normalized spacial score (nSPS) is 19.9. The Bertz CT molecular complexity index is 436. The number of para-hydroxylation sites is 1. The van der Waals surface area contributed by atoms with Gasteiger partial charge in [-0.25, -0.2) is 0 Å². The highest BCUT2D eigenvalue weighted by atomic mass is 35.5. The molecule has 2 N–H and O–H groups in total. The summed E-state index contributed by atoms with van der Waals surface area (Å²) in [6.07, 6.45) is 0.0188. The van der Waals surface area contributed by atoms with Crippen LogP contribution >= 0.6 is 11.6 Å². The van der Waals surface area contributed by atoms with Crippen molar-refractivity contribution in [3.05, 3.63) is 29.3 Å². The Morgan fingerprint density at radius 3 is 3.00 bits per heavy atom. The number of halogens is 1. The van der Waals surface area contributed by atoms with Gasteiger partial charge in [0.2, 0.25) is 0 Å². The van der Waals surface area contributed by atoms with E-state index in [2.05, 4.69) is 22.5 Å². The van der Waals surface area contributed by atoms with Gasteiger partial charge in [0, 0.05) is 6.04 Å². The minimum atomic E-state index is 0.0188. The SMILES string of the molecule is CC1CN=C(NCC(C)Oc2ccccc2Cl)N1. The lowest BCUT2D eigenvalue weighted by Gasteiger charge is -2.17. The first-order valence-corrected chi connectivity index (χ1v) is 6.49. The van der Waals surface area contributed by atoms with Crippen LogP contribution in [0.5, 0.6) is 5.75 Å². The van der Waals surface area contributed by atoms with Crippen LogP contribution in [0, 0.1) is 0 Å². The van der Waals surface area contributed by atoms with Gasteiger partial charge in [-0.15, -0.1) is 0 Å². The van der Waals surface area contributed by atoms with Gasteiger partial charge >= 0.3 is 0 Å². The van der Waals surface area contributed by atoms with Crippen LogP contribution in [0.25, 0.3) is 0 Å². The van der Waals surface area contributed by atoms with Crippen molar-refractivity contribution in [3.63, 3.8) is 0 Å². The van der Waals surface area contributed by atoms with E-state index in [1.165, 1.54) is 0 Å². The van der Waals surface area contributed by atoms with Crippen molar-refractivity contribution in [1.82, 2.24) is 10.6 Å². The van der Waals surface area contributed by atoms with Crippen molar-refractivity contribution in [2.75, 3.05) is 13.1 Å². The van der Waals surface area contributed by atoms with Gasteiger partial charge in [-0.3, -0.25) is 4.99 Å². The van der Waals surface area contributed by atoms with E-state index in [0.717, 1.165) is 12.5 Å². The molecule has 1 aromatic rings. The van der Waals surface area contributed by atoms with Gasteiger partial charge in [-0.2, -0.15) is 0 Å². The van der Waals surface area contributed by atoms with Gasteiger partial charge in [0.15, 0.2) is 5.96 Å². The molecule has 1 aliphatic rings. The molecule has 2 atom stereocenters. The molecule has 1 heterocycles. The summed E-state index contributed by atoms with van der Waals surface area (Å²) in [7, 11) is 0. The summed E-state index contributed by atoms with van der Waals surface area (Å²) in [4.78, 5) is 4.33. The van der Waals surface area contributed by atoms with Crippen molar-refractivity contribution in [2.45, 2.75) is 26.0 Å². The number of guanidine groups is 1. The first-order chi connectivity index (χ1) is 8.65. The van der Waals surface area contributed by atoms with Gasteiger partial charge in [0.25, 0.3) is 0 Å². The molecule has 0 radical (unpaired) electrons. The lowest BCUT2D eigenvalue weighted by Crippen LogP contribution is -2.41. The summed E-state index contributed by atoms with van der Waals surface area (Å²) in [5.74, 6) is 1.56. The van der Waals surface area contributed by atoms with E-state index in [1.54, 1.807) is 0 Å². The Morgan fingerprint density at radius 1 is 1.56 bits per heavy atom. The number of benzene rings is 1. The zero-order chi connectivity index (χ0) is 13.0. The van der Waals surface area contributed by atoms with Crippen LogP contribution in [0.3, 0.4) is 0 Å². The van der Waals surface area contributed by atoms with Crippen molar-refractivity contribution < 1.29 is 4.74 Å². The summed E-state index contributed by atoms with van der Waals surface area (Å²) in [5, 5.41) is 7.10. The Morgan fingerprint density at radius 2 is 2.33 bits per heavy atom. The third-order valence-electron chi connectivity index (χ3n) is 2.63. The molecule has 0 saturated carbocycles. The second-order valence-corrected chi connectivity index (χ2v) is 4.88. The number of aliphatic imine (C=N–C) groups is 1. The first kappa shape index (κ1) is 13.0. The molecule has 2 unspecified atom stereocenters.